The fourth-order valence-corrected chi connectivity index (χ4v) is 9.30. The Hall–Kier alpha value is -7.68. The third-order valence-corrected chi connectivity index (χ3v) is 12.9. The number of aryl methyl sites for hydroxylation is 1. The minimum atomic E-state index is -3.19. The number of nitrogens with zero attached hydrogens (tertiary/aromatic N) is 5. The van der Waals surface area contributed by atoms with Gasteiger partial charge in [-0.2, -0.15) is 5.26 Å². The molecule has 3 atom stereocenters. The Labute approximate surface area is 390 Å². The van der Waals surface area contributed by atoms with E-state index in [2.05, 4.69) is 16.0 Å². The molecule has 4 heterocycles. The molecule has 16 nitrogen and oxygen atoms in total. The summed E-state index contributed by atoms with van der Waals surface area (Å²) in [5, 5.41) is 29.5. The second-order valence-corrected chi connectivity index (χ2v) is 18.0. The van der Waals surface area contributed by atoms with E-state index in [1.165, 1.54) is 6.07 Å². The van der Waals surface area contributed by atoms with E-state index in [9.17, 15) is 47.9 Å². The molecule has 3 aromatic carbocycles. The molecule has 0 bridgehead atoms. The van der Waals surface area contributed by atoms with Gasteiger partial charge >= 0.3 is 5.97 Å². The van der Waals surface area contributed by atoms with Gasteiger partial charge in [-0.3, -0.25) is 24.0 Å². The van der Waals surface area contributed by atoms with Gasteiger partial charge in [-0.1, -0.05) is 24.3 Å². The van der Waals surface area contributed by atoms with Crippen molar-refractivity contribution in [3.63, 3.8) is 0 Å². The molecule has 3 aromatic rings. The zero-order chi connectivity index (χ0) is 48.6. The van der Waals surface area contributed by atoms with E-state index in [0.717, 1.165) is 32.6 Å². The maximum absolute atomic E-state index is 14.0. The molecule has 0 unspecified atom stereocenters. The number of carbonyl (C=O) groups is 6. The van der Waals surface area contributed by atoms with Crippen LogP contribution in [-0.4, -0.2) is 116 Å². The van der Waals surface area contributed by atoms with Crippen LogP contribution in [0.4, 0.5) is 14.5 Å². The van der Waals surface area contributed by atoms with E-state index < -0.39 is 60.6 Å². The largest absolute Gasteiger partial charge is 0.478 e. The Balaban J connectivity index is 0.847. The molecule has 352 valence electrons. The number of halogens is 2. The van der Waals surface area contributed by atoms with Crippen LogP contribution in [-0.2, 0) is 38.7 Å². The molecule has 0 spiro atoms. The van der Waals surface area contributed by atoms with Gasteiger partial charge in [0.05, 0.1) is 24.2 Å². The number of likely N-dealkylation sites (tertiary alicyclic amines) is 1. The fraction of sp³-hybridized carbons (Fsp3) is 0.360. The summed E-state index contributed by atoms with van der Waals surface area (Å²) in [6, 6.07) is 21.0. The van der Waals surface area contributed by atoms with Crippen molar-refractivity contribution in [2.45, 2.75) is 63.2 Å². The van der Waals surface area contributed by atoms with Crippen molar-refractivity contribution in [1.82, 2.24) is 30.3 Å². The first-order valence-corrected chi connectivity index (χ1v) is 22.3. The number of carboxylic acids is 1. The van der Waals surface area contributed by atoms with Crippen molar-refractivity contribution in [1.29, 1.82) is 5.26 Å². The number of carboxylic acid groups (broad SMARTS) is 1. The number of aromatic carboxylic acids is 1. The molecule has 5 aliphatic rings. The third-order valence-electron chi connectivity index (χ3n) is 12.9. The molecule has 18 heteroatoms. The molecule has 0 radical (unpaired) electrons. The normalized spacial score (nSPS) is 18.2. The number of rotatable bonds is 13. The first kappa shape index (κ1) is 46.8. The Morgan fingerprint density at radius 3 is 2.49 bits per heavy atom. The topological polar surface area (TPSA) is 208 Å². The van der Waals surface area contributed by atoms with Gasteiger partial charge in [0.25, 0.3) is 11.8 Å². The predicted octanol–water partition coefficient (Wildman–Crippen LogP) is 3.98. The predicted molar refractivity (Wildman–Crippen MR) is 246 cm³/mol. The summed E-state index contributed by atoms with van der Waals surface area (Å²) in [6.45, 7) is -0.156. The molecule has 5 amide bonds. The maximum atomic E-state index is 14.0. The molecule has 2 saturated heterocycles. The average Bonchev–Trinajstić information content (AvgIpc) is 4.01. The molecule has 68 heavy (non-hydrogen) atoms. The summed E-state index contributed by atoms with van der Waals surface area (Å²) in [5.74, 6) is -7.05. The summed E-state index contributed by atoms with van der Waals surface area (Å²) in [5.41, 5.74) is 5.99. The molecular formula is C50H51F2N8O8+. The van der Waals surface area contributed by atoms with Crippen molar-refractivity contribution in [2.75, 3.05) is 52.7 Å². The van der Waals surface area contributed by atoms with Gasteiger partial charge in [-0.25, -0.2) is 18.2 Å². The molecule has 2 fully saturated rings. The first-order chi connectivity index (χ1) is 32.4. The first-order valence-electron chi connectivity index (χ1n) is 22.3. The van der Waals surface area contributed by atoms with Gasteiger partial charge in [0, 0.05) is 105 Å². The van der Waals surface area contributed by atoms with Crippen LogP contribution in [0.25, 0.3) is 33.4 Å². The van der Waals surface area contributed by atoms with Crippen LogP contribution in [0.1, 0.15) is 63.1 Å². The Kier molecular flexibility index (Phi) is 13.0. The Bertz CT molecular complexity index is 2980. The highest BCUT2D eigenvalue weighted by Crippen LogP contribution is 2.42. The van der Waals surface area contributed by atoms with E-state index >= 15 is 0 Å². The zero-order valence-electron chi connectivity index (χ0n) is 38.0. The second kappa shape index (κ2) is 18.9. The highest BCUT2D eigenvalue weighted by molar-refractivity contribution is 6.09. The number of hydrogen-bond acceptors (Lipinski definition) is 9. The summed E-state index contributed by atoms with van der Waals surface area (Å²) in [4.78, 5) is 82.7. The van der Waals surface area contributed by atoms with Crippen LogP contribution in [0.5, 0.6) is 0 Å². The summed E-state index contributed by atoms with van der Waals surface area (Å²) in [7, 11) is 7.68. The fourth-order valence-electron chi connectivity index (χ4n) is 9.30. The van der Waals surface area contributed by atoms with Crippen LogP contribution >= 0.6 is 0 Å². The van der Waals surface area contributed by atoms with Gasteiger partial charge in [0.15, 0.2) is 0 Å². The SMILES string of the molecule is CN(C)c1ccc2c(-c3ccc(C(=O)NCCNC(=O)CCc4cccc5c4CN(C(=O)C[C@@H]4C[C@@H](C(=O)N6CC(F)(F)C[C@H]6C#N)NC4=O)C5)cc3C(=O)O)c3ccc(=[N+](C)C)cc-3oc2c1. The van der Waals surface area contributed by atoms with Crippen LogP contribution < -0.4 is 30.8 Å². The smallest absolute Gasteiger partial charge is 0.336 e. The molecule has 1 aliphatic carbocycles. The number of benzene rings is 4. The van der Waals surface area contributed by atoms with Crippen molar-refractivity contribution in [3.8, 4) is 28.5 Å². The van der Waals surface area contributed by atoms with Crippen molar-refractivity contribution in [3.05, 3.63) is 106 Å². The number of nitrogens with one attached hydrogen (secondary N) is 3. The highest BCUT2D eigenvalue weighted by atomic mass is 19.3. The van der Waals surface area contributed by atoms with Gasteiger partial charge in [-0.05, 0) is 65.4 Å². The van der Waals surface area contributed by atoms with Crippen molar-refractivity contribution in [2.24, 2.45) is 5.92 Å². The lowest BCUT2D eigenvalue weighted by Crippen LogP contribution is -2.46. The third kappa shape index (κ3) is 9.59. The van der Waals surface area contributed by atoms with Gasteiger partial charge in [0.1, 0.15) is 37.5 Å². The van der Waals surface area contributed by atoms with Gasteiger partial charge < -0.3 is 40.2 Å². The lowest BCUT2D eigenvalue weighted by Gasteiger charge is -2.22. The van der Waals surface area contributed by atoms with E-state index in [4.69, 9.17) is 4.42 Å². The van der Waals surface area contributed by atoms with Crippen molar-refractivity contribution >= 4 is 52.2 Å². The van der Waals surface area contributed by atoms with Crippen molar-refractivity contribution < 1.29 is 47.1 Å². The molecule has 8 rings (SSSR count). The number of nitriles is 1. The van der Waals surface area contributed by atoms with Gasteiger partial charge in [-0.15, -0.1) is 0 Å². The number of amides is 5. The van der Waals surface area contributed by atoms with E-state index in [1.807, 2.05) is 92.3 Å². The molecular weight excluding hydrogens is 879 g/mol. The summed E-state index contributed by atoms with van der Waals surface area (Å²) < 4.78 is 36.3. The standard InChI is InChI=1S/C50H50F2N8O8/c1-57(2)32-10-13-36-41(21-32)68-42-22-33(58(3)4)11-14-37(42)45(36)35-12-8-29(18-38(35)49(66)67)46(63)55-17-16-54-43(61)15-9-28-6-5-7-30-25-59(26-39(28)30)44(62)20-31-19-40(56-47(31)64)48(65)60-27-50(51,52)23-34(60)24-53/h5-8,10-14,18,21-22,31,34,40H,9,15-17,19-20,23,25-27H2,1-4H3,(H3-,54,55,56,61,63,64,66,67)/p+1/t31-,34-,40-/m0/s1. The number of hydrogen-bond donors (Lipinski definition) is 4. The second-order valence-electron chi connectivity index (χ2n) is 18.0. The van der Waals surface area contributed by atoms with Crippen LogP contribution in [0, 0.1) is 17.2 Å². The van der Waals surface area contributed by atoms with Crippen LogP contribution in [0.2, 0.25) is 0 Å². The lowest BCUT2D eigenvalue weighted by atomic mass is 9.89. The monoisotopic (exact) mass is 929 g/mol. The summed E-state index contributed by atoms with van der Waals surface area (Å²) in [6.07, 6.45) is -0.505. The van der Waals surface area contributed by atoms with Crippen LogP contribution in [0.3, 0.4) is 0 Å². The van der Waals surface area contributed by atoms with E-state index in [-0.39, 0.29) is 61.8 Å². The number of anilines is 1. The Morgan fingerprint density at radius 1 is 0.985 bits per heavy atom. The van der Waals surface area contributed by atoms with Crippen LogP contribution in [0.15, 0.2) is 77.2 Å². The average molecular weight is 930 g/mol. The minimum Gasteiger partial charge on any atom is -0.478 e. The molecule has 0 aromatic heterocycles. The maximum Gasteiger partial charge on any atom is 0.336 e. The highest BCUT2D eigenvalue weighted by Gasteiger charge is 2.50. The Morgan fingerprint density at radius 2 is 1.75 bits per heavy atom. The lowest BCUT2D eigenvalue weighted by molar-refractivity contribution is -0.135. The molecule has 4 aliphatic heterocycles. The molecule has 0 saturated carbocycles. The van der Waals surface area contributed by atoms with E-state index in [0.29, 0.717) is 46.4 Å². The van der Waals surface area contributed by atoms with E-state index in [1.54, 1.807) is 23.1 Å². The summed E-state index contributed by atoms with van der Waals surface area (Å²) >= 11 is 0. The quantitative estimate of drug-likeness (QED) is 0.0759. The number of fused-ring (bicyclic) bond motifs is 3. The number of carbonyl (C=O) groups excluding carboxylic acids is 5. The zero-order valence-corrected chi connectivity index (χ0v) is 38.0. The minimum absolute atomic E-state index is 0.0498. The van der Waals surface area contributed by atoms with Gasteiger partial charge in [0.2, 0.25) is 29.0 Å². The molecule has 4 N–H and O–H groups in total. The number of alkyl halides is 2.